The molecule has 1 aliphatic rings. The van der Waals surface area contributed by atoms with Crippen LogP contribution in [0.1, 0.15) is 0 Å². The summed E-state index contributed by atoms with van der Waals surface area (Å²) in [7, 11) is -2.08. The van der Waals surface area contributed by atoms with E-state index in [0.29, 0.717) is 24.8 Å². The Labute approximate surface area is 139 Å². The third kappa shape index (κ3) is 3.24. The van der Waals surface area contributed by atoms with Gasteiger partial charge in [-0.2, -0.15) is 4.31 Å². The molecule has 0 unspecified atom stereocenters. The number of anilines is 1. The molecule has 0 atom stereocenters. The van der Waals surface area contributed by atoms with Crippen LogP contribution < -0.4 is 10.1 Å². The molecule has 9 heteroatoms. The Morgan fingerprint density at radius 1 is 1.30 bits per heavy atom. The van der Waals surface area contributed by atoms with Gasteiger partial charge in [-0.05, 0) is 24.3 Å². The first-order valence-corrected chi connectivity index (χ1v) is 8.70. The highest BCUT2D eigenvalue weighted by Crippen LogP contribution is 2.30. The van der Waals surface area contributed by atoms with E-state index in [1.165, 1.54) is 23.5 Å². The Bertz CT molecular complexity index is 795. The molecule has 2 heterocycles. The lowest BCUT2D eigenvalue weighted by molar-refractivity contribution is 0.280. The largest absolute Gasteiger partial charge is 0.495 e. The molecule has 1 aliphatic heterocycles. The first-order chi connectivity index (χ1) is 11.0. The average Bonchev–Trinajstić information content (AvgIpc) is 2.51. The normalized spacial score (nSPS) is 15.9. The standard InChI is InChI=1S/C14H15ClN4O3S/c1-22-13-4-3-11(7-12(13)15)23(20,21)19-8-10(9-19)18-14-16-5-2-6-17-14/h2-7,10H,8-9H2,1H3,(H,16,17,18). The quantitative estimate of drug-likeness (QED) is 0.878. The van der Waals surface area contributed by atoms with Gasteiger partial charge in [0.15, 0.2) is 0 Å². The molecule has 23 heavy (non-hydrogen) atoms. The number of benzene rings is 1. The van der Waals surface area contributed by atoms with Gasteiger partial charge >= 0.3 is 0 Å². The first kappa shape index (κ1) is 16.0. The molecule has 122 valence electrons. The topological polar surface area (TPSA) is 84.4 Å². The lowest BCUT2D eigenvalue weighted by Crippen LogP contribution is -2.56. The summed E-state index contributed by atoms with van der Waals surface area (Å²) < 4.78 is 31.5. The van der Waals surface area contributed by atoms with Crippen molar-refractivity contribution in [1.82, 2.24) is 14.3 Å². The molecular formula is C14H15ClN4O3S. The third-order valence-corrected chi connectivity index (χ3v) is 5.63. The van der Waals surface area contributed by atoms with Gasteiger partial charge in [0.2, 0.25) is 16.0 Å². The lowest BCUT2D eigenvalue weighted by atomic mass is 10.2. The maximum atomic E-state index is 12.5. The van der Waals surface area contributed by atoms with Crippen molar-refractivity contribution in [3.63, 3.8) is 0 Å². The van der Waals surface area contributed by atoms with Gasteiger partial charge in [-0.25, -0.2) is 18.4 Å². The number of methoxy groups -OCH3 is 1. The minimum Gasteiger partial charge on any atom is -0.495 e. The molecule has 1 fully saturated rings. The van der Waals surface area contributed by atoms with Crippen LogP contribution in [0.2, 0.25) is 5.02 Å². The van der Waals surface area contributed by atoms with E-state index in [1.54, 1.807) is 24.5 Å². The first-order valence-electron chi connectivity index (χ1n) is 6.88. The number of nitrogens with one attached hydrogen (secondary N) is 1. The van der Waals surface area contributed by atoms with Crippen LogP contribution in [-0.2, 0) is 10.0 Å². The van der Waals surface area contributed by atoms with Crippen molar-refractivity contribution in [1.29, 1.82) is 0 Å². The number of ether oxygens (including phenoxy) is 1. The molecule has 1 aromatic carbocycles. The van der Waals surface area contributed by atoms with Crippen LogP contribution in [0.15, 0.2) is 41.6 Å². The molecular weight excluding hydrogens is 340 g/mol. The highest BCUT2D eigenvalue weighted by molar-refractivity contribution is 7.89. The number of nitrogens with zero attached hydrogens (tertiary/aromatic N) is 3. The van der Waals surface area contributed by atoms with E-state index >= 15 is 0 Å². The number of sulfonamides is 1. The summed E-state index contributed by atoms with van der Waals surface area (Å²) in [6, 6.07) is 6.14. The van der Waals surface area contributed by atoms with E-state index in [1.807, 2.05) is 0 Å². The van der Waals surface area contributed by atoms with E-state index in [2.05, 4.69) is 15.3 Å². The molecule has 7 nitrogen and oxygen atoms in total. The van der Waals surface area contributed by atoms with Crippen molar-refractivity contribution in [3.05, 3.63) is 41.7 Å². The van der Waals surface area contributed by atoms with E-state index in [4.69, 9.17) is 16.3 Å². The number of hydrogen-bond donors (Lipinski definition) is 1. The summed E-state index contributed by atoms with van der Waals surface area (Å²) in [5.41, 5.74) is 0. The summed E-state index contributed by atoms with van der Waals surface area (Å²) in [6.45, 7) is 0.703. The molecule has 1 aromatic heterocycles. The molecule has 1 saturated heterocycles. The van der Waals surface area contributed by atoms with Crippen molar-refractivity contribution in [2.75, 3.05) is 25.5 Å². The zero-order chi connectivity index (χ0) is 16.4. The SMILES string of the molecule is COc1ccc(S(=O)(=O)N2CC(Nc3ncccn3)C2)cc1Cl. The minimum absolute atomic E-state index is 0.0131. The molecule has 0 bridgehead atoms. The van der Waals surface area contributed by atoms with Crippen LogP contribution in [0.3, 0.4) is 0 Å². The molecule has 0 aliphatic carbocycles. The second-order valence-corrected chi connectivity index (χ2v) is 7.38. The zero-order valence-corrected chi connectivity index (χ0v) is 13.9. The lowest BCUT2D eigenvalue weighted by Gasteiger charge is -2.38. The van der Waals surface area contributed by atoms with Gasteiger partial charge in [-0.1, -0.05) is 11.6 Å². The Kier molecular flexibility index (Phi) is 4.38. The second kappa shape index (κ2) is 6.31. The molecule has 0 saturated carbocycles. The molecule has 0 spiro atoms. The predicted octanol–water partition coefficient (Wildman–Crippen LogP) is 1.62. The van der Waals surface area contributed by atoms with Crippen molar-refractivity contribution < 1.29 is 13.2 Å². The van der Waals surface area contributed by atoms with Crippen LogP contribution in [-0.4, -0.2) is 48.9 Å². The van der Waals surface area contributed by atoms with Gasteiger partial charge in [0.1, 0.15) is 5.75 Å². The molecule has 0 amide bonds. The van der Waals surface area contributed by atoms with Gasteiger partial charge in [0, 0.05) is 25.5 Å². The molecule has 0 radical (unpaired) electrons. The summed E-state index contributed by atoms with van der Waals surface area (Å²) in [6.07, 6.45) is 3.25. The fourth-order valence-electron chi connectivity index (χ4n) is 2.24. The summed E-state index contributed by atoms with van der Waals surface area (Å²) >= 11 is 6.00. The van der Waals surface area contributed by atoms with Crippen molar-refractivity contribution in [2.24, 2.45) is 0 Å². The number of hydrogen-bond acceptors (Lipinski definition) is 6. The monoisotopic (exact) mass is 354 g/mol. The fourth-order valence-corrected chi connectivity index (χ4v) is 4.12. The van der Waals surface area contributed by atoms with Gasteiger partial charge in [0.05, 0.1) is 23.1 Å². The highest BCUT2D eigenvalue weighted by atomic mass is 35.5. The molecule has 1 N–H and O–H groups in total. The van der Waals surface area contributed by atoms with E-state index in [9.17, 15) is 8.42 Å². The number of halogens is 1. The molecule has 3 rings (SSSR count). The van der Waals surface area contributed by atoms with Crippen LogP contribution in [0, 0.1) is 0 Å². The predicted molar refractivity (Wildman–Crippen MR) is 86.2 cm³/mol. The Hall–Kier alpha value is -1.90. The smallest absolute Gasteiger partial charge is 0.243 e. The molecule has 2 aromatic rings. The highest BCUT2D eigenvalue weighted by Gasteiger charge is 2.37. The van der Waals surface area contributed by atoms with Crippen LogP contribution in [0.25, 0.3) is 0 Å². The van der Waals surface area contributed by atoms with Crippen LogP contribution in [0.4, 0.5) is 5.95 Å². The Morgan fingerprint density at radius 3 is 2.61 bits per heavy atom. The second-order valence-electron chi connectivity index (χ2n) is 5.03. The van der Waals surface area contributed by atoms with Gasteiger partial charge in [-0.3, -0.25) is 0 Å². The van der Waals surface area contributed by atoms with Crippen LogP contribution in [0.5, 0.6) is 5.75 Å². The van der Waals surface area contributed by atoms with E-state index in [-0.39, 0.29) is 16.0 Å². The Morgan fingerprint density at radius 2 is 2.00 bits per heavy atom. The number of aromatic nitrogens is 2. The van der Waals surface area contributed by atoms with Gasteiger partial charge in [0.25, 0.3) is 0 Å². The van der Waals surface area contributed by atoms with E-state index in [0.717, 1.165) is 0 Å². The number of rotatable bonds is 5. The fraction of sp³-hybridized carbons (Fsp3) is 0.286. The average molecular weight is 355 g/mol. The van der Waals surface area contributed by atoms with E-state index < -0.39 is 10.0 Å². The van der Waals surface area contributed by atoms with Crippen molar-refractivity contribution >= 4 is 27.6 Å². The van der Waals surface area contributed by atoms with Crippen molar-refractivity contribution in [3.8, 4) is 5.75 Å². The zero-order valence-electron chi connectivity index (χ0n) is 12.3. The summed E-state index contributed by atoms with van der Waals surface area (Å²) in [5.74, 6) is 0.928. The summed E-state index contributed by atoms with van der Waals surface area (Å²) in [4.78, 5) is 8.26. The maximum Gasteiger partial charge on any atom is 0.243 e. The maximum absolute atomic E-state index is 12.5. The third-order valence-electron chi connectivity index (χ3n) is 3.51. The van der Waals surface area contributed by atoms with Gasteiger partial charge in [-0.15, -0.1) is 0 Å². The Balaban J connectivity index is 1.67. The minimum atomic E-state index is -3.56. The van der Waals surface area contributed by atoms with Crippen molar-refractivity contribution in [2.45, 2.75) is 10.9 Å². The van der Waals surface area contributed by atoms with Gasteiger partial charge < -0.3 is 10.1 Å². The summed E-state index contributed by atoms with van der Waals surface area (Å²) in [5, 5.41) is 3.35. The van der Waals surface area contributed by atoms with Crippen LogP contribution >= 0.6 is 11.6 Å².